The van der Waals surface area contributed by atoms with Crippen LogP contribution >= 0.6 is 0 Å². The smallest absolute Gasteiger partial charge is 0.248 e. The molecule has 0 aliphatic rings. The lowest BCUT2D eigenvalue weighted by molar-refractivity contribution is 0.271. The first-order valence-corrected chi connectivity index (χ1v) is 8.26. The zero-order chi connectivity index (χ0) is 22.9. The summed E-state index contributed by atoms with van der Waals surface area (Å²) in [6, 6.07) is 8.23. The number of pyridine rings is 3. The van der Waals surface area contributed by atoms with Gasteiger partial charge in [0.2, 0.25) is 11.6 Å². The van der Waals surface area contributed by atoms with Crippen LogP contribution in [0.25, 0.3) is 22.8 Å². The molecule has 0 saturated carbocycles. The van der Waals surface area contributed by atoms with E-state index in [0.717, 1.165) is 11.8 Å². The summed E-state index contributed by atoms with van der Waals surface area (Å²) in [4.78, 5) is 16.9. The second-order valence-corrected chi connectivity index (χ2v) is 5.81. The largest absolute Gasteiger partial charge is 0.489 e. The predicted molar refractivity (Wildman–Crippen MR) is 99.8 cm³/mol. The zero-order valence-electron chi connectivity index (χ0n) is 18.7. The summed E-state index contributed by atoms with van der Waals surface area (Å²) in [5.41, 5.74) is 2.95. The topological polar surface area (TPSA) is 83.2 Å². The van der Waals surface area contributed by atoms with E-state index in [0.29, 0.717) is 34.3 Å². The van der Waals surface area contributed by atoms with Gasteiger partial charge >= 0.3 is 0 Å². The van der Waals surface area contributed by atoms with Gasteiger partial charge in [0.25, 0.3) is 0 Å². The van der Waals surface area contributed by atoms with Crippen LogP contribution in [0.15, 0.2) is 53.3 Å². The van der Waals surface area contributed by atoms with Gasteiger partial charge < -0.3 is 13.9 Å². The Morgan fingerprint density at radius 1 is 1.07 bits per heavy atom. The Morgan fingerprint density at radius 2 is 1.96 bits per heavy atom. The molecule has 0 bridgehead atoms. The molecule has 0 aromatic carbocycles. The summed E-state index contributed by atoms with van der Waals surface area (Å²) in [5.74, 6) is 0.657. The molecule has 8 heteroatoms. The molecule has 0 radical (unpaired) electrons. The van der Waals surface area contributed by atoms with E-state index in [4.69, 9.17) is 19.4 Å². The minimum atomic E-state index is -3.67. The van der Waals surface area contributed by atoms with Gasteiger partial charge in [-0.2, -0.15) is 0 Å². The van der Waals surface area contributed by atoms with Crippen molar-refractivity contribution in [2.45, 2.75) is 13.5 Å². The molecular weight excluding hydrogens is 363 g/mol. The lowest BCUT2D eigenvalue weighted by Crippen LogP contribution is -2.01. The van der Waals surface area contributed by atoms with Crippen molar-refractivity contribution in [3.8, 4) is 23.1 Å². The molecule has 4 aromatic rings. The molecule has 142 valence electrons. The maximum atomic E-state index is 13.2. The lowest BCUT2D eigenvalue weighted by atomic mass is 10.2. The number of ether oxygens (including phenoxy) is 2. The molecule has 0 aliphatic heterocycles. The Hall–Kier alpha value is -3.55. The van der Waals surface area contributed by atoms with Crippen molar-refractivity contribution in [3.05, 3.63) is 60.2 Å². The van der Waals surface area contributed by atoms with Gasteiger partial charge in [-0.1, -0.05) is 0 Å². The summed E-state index contributed by atoms with van der Waals surface area (Å²) >= 11 is 0. The van der Waals surface area contributed by atoms with Gasteiger partial charge in [0.05, 0.1) is 23.6 Å². The molecule has 0 fully saturated rings. The monoisotopic (exact) mass is 384 g/mol. The predicted octanol–water partition coefficient (Wildman–Crippen LogP) is 3.92. The highest BCUT2D eigenvalue weighted by molar-refractivity contribution is 5.73. The molecule has 0 amide bonds. The third-order valence-corrected chi connectivity index (χ3v) is 3.75. The van der Waals surface area contributed by atoms with Crippen LogP contribution in [-0.4, -0.2) is 33.1 Å². The van der Waals surface area contributed by atoms with E-state index in [9.17, 15) is 4.39 Å². The quantitative estimate of drug-likeness (QED) is 0.477. The molecule has 4 rings (SSSR count). The normalized spacial score (nSPS) is 14.1. The summed E-state index contributed by atoms with van der Waals surface area (Å²) < 4.78 is 57.6. The van der Waals surface area contributed by atoms with Crippen molar-refractivity contribution >= 4 is 11.2 Å². The first-order chi connectivity index (χ1) is 15.1. The Kier molecular flexibility index (Phi) is 3.88. The SMILES string of the molecule is [2H]C([2H])(F)C([2H])([2H])Oc1ccc(COc2cnc3oc(-c4cc(C)ccn4)nc3c2)nc1. The van der Waals surface area contributed by atoms with Gasteiger partial charge in [0.15, 0.2) is 0 Å². The van der Waals surface area contributed by atoms with Crippen LogP contribution in [-0.2, 0) is 6.61 Å². The Bertz CT molecular complexity index is 1250. The van der Waals surface area contributed by atoms with Crippen LogP contribution < -0.4 is 9.47 Å². The molecule has 4 heterocycles. The molecule has 0 atom stereocenters. The molecule has 0 N–H and O–H groups in total. The number of alkyl halides is 1. The molecule has 0 saturated heterocycles. The van der Waals surface area contributed by atoms with Crippen molar-refractivity contribution in [2.75, 3.05) is 13.2 Å². The van der Waals surface area contributed by atoms with Crippen LogP contribution in [0.2, 0.25) is 0 Å². The highest BCUT2D eigenvalue weighted by Gasteiger charge is 2.12. The molecule has 7 nitrogen and oxygen atoms in total. The minimum Gasteiger partial charge on any atom is -0.489 e. The number of halogens is 1. The molecule has 28 heavy (non-hydrogen) atoms. The van der Waals surface area contributed by atoms with E-state index in [1.54, 1.807) is 12.3 Å². The number of nitrogens with zero attached hydrogens (tertiary/aromatic N) is 4. The van der Waals surface area contributed by atoms with E-state index in [1.807, 2.05) is 19.1 Å². The Balaban J connectivity index is 1.43. The van der Waals surface area contributed by atoms with Gasteiger partial charge in [-0.05, 0) is 36.8 Å². The Labute approximate surface area is 165 Å². The van der Waals surface area contributed by atoms with E-state index in [2.05, 4.69) is 19.9 Å². The molecule has 0 aliphatic carbocycles. The standard InChI is InChI=1S/C20H17FN4O3/c1-13-4-6-22-17(8-13)20-25-18-9-16(11-24-19(18)28-20)27-12-14-2-3-15(10-23-14)26-7-5-21/h2-4,6,8-11H,5,7,12H2,1H3/i5D2,7D2. The van der Waals surface area contributed by atoms with Crippen molar-refractivity contribution in [3.63, 3.8) is 0 Å². The number of aromatic nitrogens is 4. The van der Waals surface area contributed by atoms with Crippen LogP contribution in [0.3, 0.4) is 0 Å². The number of rotatable bonds is 7. The number of oxazole rings is 1. The van der Waals surface area contributed by atoms with Gasteiger partial charge in [0.1, 0.15) is 42.5 Å². The van der Waals surface area contributed by atoms with Crippen molar-refractivity contribution in [1.29, 1.82) is 0 Å². The number of aryl methyl sites for hydroxylation is 1. The first kappa shape index (κ1) is 13.6. The van der Waals surface area contributed by atoms with E-state index in [1.165, 1.54) is 18.3 Å². The second kappa shape index (κ2) is 7.99. The third kappa shape index (κ3) is 4.06. The van der Waals surface area contributed by atoms with Crippen LogP contribution in [0.4, 0.5) is 4.39 Å². The van der Waals surface area contributed by atoms with Gasteiger partial charge in [-0.25, -0.2) is 14.4 Å². The van der Waals surface area contributed by atoms with Gasteiger partial charge in [-0.15, -0.1) is 0 Å². The summed E-state index contributed by atoms with van der Waals surface area (Å²) in [6.45, 7) is -4.82. The molecule has 4 aromatic heterocycles. The number of hydrogen-bond acceptors (Lipinski definition) is 7. The molecule has 0 unspecified atom stereocenters. The van der Waals surface area contributed by atoms with Crippen LogP contribution in [0, 0.1) is 6.92 Å². The average Bonchev–Trinajstić information content (AvgIpc) is 3.16. The summed E-state index contributed by atoms with van der Waals surface area (Å²) in [5, 5.41) is 0. The fourth-order valence-electron chi connectivity index (χ4n) is 2.44. The lowest BCUT2D eigenvalue weighted by Gasteiger charge is -2.06. The van der Waals surface area contributed by atoms with E-state index < -0.39 is 13.2 Å². The fraction of sp³-hybridized carbons (Fsp3) is 0.200. The third-order valence-electron chi connectivity index (χ3n) is 3.75. The van der Waals surface area contributed by atoms with Crippen molar-refractivity contribution in [2.24, 2.45) is 0 Å². The number of hydrogen-bond donors (Lipinski definition) is 0. The van der Waals surface area contributed by atoms with E-state index in [-0.39, 0.29) is 12.4 Å². The van der Waals surface area contributed by atoms with Crippen LogP contribution in [0.5, 0.6) is 11.5 Å². The maximum absolute atomic E-state index is 13.2. The summed E-state index contributed by atoms with van der Waals surface area (Å²) in [7, 11) is 0. The van der Waals surface area contributed by atoms with Gasteiger partial charge in [0, 0.05) is 12.3 Å². The number of fused-ring (bicyclic) bond motifs is 1. The van der Waals surface area contributed by atoms with Crippen molar-refractivity contribution in [1.82, 2.24) is 19.9 Å². The fourth-order valence-corrected chi connectivity index (χ4v) is 2.44. The van der Waals surface area contributed by atoms with Gasteiger partial charge in [-0.3, -0.25) is 9.97 Å². The average molecular weight is 384 g/mol. The summed E-state index contributed by atoms with van der Waals surface area (Å²) in [6.07, 6.45) is 4.31. The van der Waals surface area contributed by atoms with Crippen LogP contribution in [0.1, 0.15) is 16.7 Å². The van der Waals surface area contributed by atoms with Crippen molar-refractivity contribution < 1.29 is 23.8 Å². The highest BCUT2D eigenvalue weighted by Crippen LogP contribution is 2.25. The molecular formula is C20H17FN4O3. The second-order valence-electron chi connectivity index (χ2n) is 5.81. The maximum Gasteiger partial charge on any atom is 0.248 e. The van der Waals surface area contributed by atoms with E-state index >= 15 is 0 Å². The Morgan fingerprint density at radius 3 is 2.75 bits per heavy atom. The zero-order valence-corrected chi connectivity index (χ0v) is 14.7. The minimum absolute atomic E-state index is 0.0639. The molecule has 0 spiro atoms. The highest BCUT2D eigenvalue weighted by atomic mass is 19.1. The first-order valence-electron chi connectivity index (χ1n) is 10.3.